The molecule has 1 unspecified atom stereocenters. The fourth-order valence-electron chi connectivity index (χ4n) is 4.24. The number of nitrogens with zero attached hydrogens (tertiary/aromatic N) is 1. The number of carbonyl (C=O) groups excluding carboxylic acids is 2. The largest absolute Gasteiger partial charge is 0.365 e. The zero-order chi connectivity index (χ0) is 19.0. The summed E-state index contributed by atoms with van der Waals surface area (Å²) in [5, 5.41) is 3.61. The first kappa shape index (κ1) is 18.0. The normalized spacial score (nSPS) is 18.6. The molecule has 1 aromatic carbocycles. The van der Waals surface area contributed by atoms with Crippen molar-refractivity contribution in [2.24, 2.45) is 5.73 Å². The van der Waals surface area contributed by atoms with Crippen LogP contribution in [0, 0.1) is 0 Å². The number of para-hydroxylation sites is 1. The number of amides is 2. The number of anilines is 2. The number of carbonyl (C=O) groups is 2. The van der Waals surface area contributed by atoms with Gasteiger partial charge in [-0.2, -0.15) is 0 Å². The van der Waals surface area contributed by atoms with E-state index in [1.165, 1.54) is 21.8 Å². The van der Waals surface area contributed by atoms with Gasteiger partial charge in [0.15, 0.2) is 0 Å². The topological polar surface area (TPSA) is 75.4 Å². The van der Waals surface area contributed by atoms with Crippen LogP contribution in [0.15, 0.2) is 24.3 Å². The van der Waals surface area contributed by atoms with Crippen LogP contribution < -0.4 is 16.0 Å². The van der Waals surface area contributed by atoms with E-state index in [1.807, 2.05) is 12.1 Å². The summed E-state index contributed by atoms with van der Waals surface area (Å²) in [7, 11) is 0. The lowest BCUT2D eigenvalue weighted by molar-refractivity contribution is -0.115. The smallest absolute Gasteiger partial charge is 0.251 e. The molecule has 1 atom stereocenters. The lowest BCUT2D eigenvalue weighted by atomic mass is 9.95. The standard InChI is InChI=1S/C21H25N3O2S/c1-13-10-11-14-6-2-4-8-16(14)24(13)12-18(25)23-21-19(20(22)26)15-7-3-5-9-17(15)27-21/h2,4,6,8,13H,3,5,7,9-12H2,1H3,(H2,22,26)(H,23,25). The van der Waals surface area contributed by atoms with Gasteiger partial charge >= 0.3 is 0 Å². The van der Waals surface area contributed by atoms with Crippen LogP contribution in [0.4, 0.5) is 10.7 Å². The van der Waals surface area contributed by atoms with Gasteiger partial charge in [-0.15, -0.1) is 11.3 Å². The van der Waals surface area contributed by atoms with Gasteiger partial charge in [0, 0.05) is 16.6 Å². The Labute approximate surface area is 163 Å². The van der Waals surface area contributed by atoms with Gasteiger partial charge in [0.1, 0.15) is 5.00 Å². The molecule has 0 spiro atoms. The average molecular weight is 384 g/mol. The summed E-state index contributed by atoms with van der Waals surface area (Å²) in [5.74, 6) is -0.541. The number of rotatable bonds is 4. The Balaban J connectivity index is 1.55. The third-order valence-corrected chi connectivity index (χ3v) is 6.86. The van der Waals surface area contributed by atoms with Gasteiger partial charge in [0.05, 0.1) is 12.1 Å². The van der Waals surface area contributed by atoms with E-state index in [0.717, 1.165) is 49.8 Å². The number of thiophene rings is 1. The maximum Gasteiger partial charge on any atom is 0.251 e. The Morgan fingerprint density at radius 3 is 2.81 bits per heavy atom. The number of nitrogens with two attached hydrogens (primary N) is 1. The van der Waals surface area contributed by atoms with Gasteiger partial charge in [-0.1, -0.05) is 18.2 Å². The minimum atomic E-state index is -0.443. The van der Waals surface area contributed by atoms with Crippen molar-refractivity contribution < 1.29 is 9.59 Å². The molecule has 0 fully saturated rings. The van der Waals surface area contributed by atoms with Crippen LogP contribution >= 0.6 is 11.3 Å². The highest BCUT2D eigenvalue weighted by molar-refractivity contribution is 7.17. The van der Waals surface area contributed by atoms with E-state index >= 15 is 0 Å². The van der Waals surface area contributed by atoms with Crippen LogP contribution in [0.25, 0.3) is 0 Å². The van der Waals surface area contributed by atoms with Crippen LogP contribution in [0.1, 0.15) is 52.5 Å². The van der Waals surface area contributed by atoms with Crippen LogP contribution in [0.2, 0.25) is 0 Å². The Bertz CT molecular complexity index is 890. The predicted molar refractivity (Wildman–Crippen MR) is 110 cm³/mol. The Kier molecular flexibility index (Phi) is 4.91. The molecule has 2 aliphatic rings. The van der Waals surface area contributed by atoms with Crippen molar-refractivity contribution in [2.45, 2.75) is 51.5 Å². The van der Waals surface area contributed by atoms with Gasteiger partial charge in [-0.05, 0) is 62.6 Å². The SMILES string of the molecule is CC1CCc2ccccc2N1CC(=O)Nc1sc2c(c1C(N)=O)CCCC2. The second kappa shape index (κ2) is 7.35. The molecule has 0 radical (unpaired) electrons. The molecule has 2 aromatic rings. The van der Waals surface area contributed by atoms with Gasteiger partial charge in [0.25, 0.3) is 5.91 Å². The van der Waals surface area contributed by atoms with Crippen molar-refractivity contribution >= 4 is 33.8 Å². The molecule has 2 amide bonds. The molecule has 2 heterocycles. The third-order valence-electron chi connectivity index (χ3n) is 5.65. The molecule has 27 heavy (non-hydrogen) atoms. The highest BCUT2D eigenvalue weighted by atomic mass is 32.1. The Morgan fingerprint density at radius 1 is 1.22 bits per heavy atom. The van der Waals surface area contributed by atoms with Crippen molar-refractivity contribution in [2.75, 3.05) is 16.8 Å². The average Bonchev–Trinajstić information content (AvgIpc) is 3.02. The molecular formula is C21H25N3O2S. The number of nitrogens with one attached hydrogen (secondary N) is 1. The summed E-state index contributed by atoms with van der Waals surface area (Å²) in [4.78, 5) is 28.2. The van der Waals surface area contributed by atoms with Gasteiger partial charge in [0.2, 0.25) is 5.91 Å². The summed E-state index contributed by atoms with van der Waals surface area (Å²) in [6, 6.07) is 8.57. The van der Waals surface area contributed by atoms with E-state index in [1.54, 1.807) is 0 Å². The molecule has 5 nitrogen and oxygen atoms in total. The lowest BCUT2D eigenvalue weighted by Gasteiger charge is -2.36. The summed E-state index contributed by atoms with van der Waals surface area (Å²) in [6.45, 7) is 2.43. The number of primary amides is 1. The maximum atomic E-state index is 12.8. The minimum absolute atomic E-state index is 0.0975. The van der Waals surface area contributed by atoms with Gasteiger partial charge < -0.3 is 16.0 Å². The maximum absolute atomic E-state index is 12.8. The quantitative estimate of drug-likeness (QED) is 0.848. The molecule has 6 heteroatoms. The fraction of sp³-hybridized carbons (Fsp3) is 0.429. The second-order valence-electron chi connectivity index (χ2n) is 7.47. The van der Waals surface area contributed by atoms with Gasteiger partial charge in [-0.3, -0.25) is 9.59 Å². The lowest BCUT2D eigenvalue weighted by Crippen LogP contribution is -2.42. The number of benzene rings is 1. The molecule has 1 aromatic heterocycles. The molecule has 4 rings (SSSR count). The van der Waals surface area contributed by atoms with Crippen LogP contribution in [-0.2, 0) is 24.1 Å². The summed E-state index contributed by atoms with van der Waals surface area (Å²) < 4.78 is 0. The van der Waals surface area contributed by atoms with Crippen molar-refractivity contribution in [3.63, 3.8) is 0 Å². The first-order chi connectivity index (χ1) is 13.0. The molecular weight excluding hydrogens is 358 g/mol. The van der Waals surface area contributed by atoms with Crippen molar-refractivity contribution in [3.05, 3.63) is 45.8 Å². The zero-order valence-electron chi connectivity index (χ0n) is 15.6. The fourth-order valence-corrected chi connectivity index (χ4v) is 5.55. The number of hydrogen-bond donors (Lipinski definition) is 2. The summed E-state index contributed by atoms with van der Waals surface area (Å²) in [6.07, 6.45) is 6.10. The number of hydrogen-bond acceptors (Lipinski definition) is 4. The van der Waals surface area contributed by atoms with Crippen molar-refractivity contribution in [1.82, 2.24) is 0 Å². The summed E-state index contributed by atoms with van der Waals surface area (Å²) in [5.41, 5.74) is 9.62. The molecule has 3 N–H and O–H groups in total. The Hall–Kier alpha value is -2.34. The van der Waals surface area contributed by atoms with Crippen molar-refractivity contribution in [3.8, 4) is 0 Å². The van der Waals surface area contributed by atoms with E-state index in [9.17, 15) is 9.59 Å². The van der Waals surface area contributed by atoms with Gasteiger partial charge in [-0.25, -0.2) is 0 Å². The number of fused-ring (bicyclic) bond motifs is 2. The second-order valence-corrected chi connectivity index (χ2v) is 8.58. The van der Waals surface area contributed by atoms with Crippen LogP contribution in [0.3, 0.4) is 0 Å². The monoisotopic (exact) mass is 383 g/mol. The molecule has 142 valence electrons. The van der Waals surface area contributed by atoms with E-state index in [0.29, 0.717) is 16.6 Å². The van der Waals surface area contributed by atoms with Crippen molar-refractivity contribution in [1.29, 1.82) is 0 Å². The van der Waals surface area contributed by atoms with E-state index in [4.69, 9.17) is 5.73 Å². The highest BCUT2D eigenvalue weighted by Gasteiger charge is 2.27. The van der Waals surface area contributed by atoms with Crippen LogP contribution in [0.5, 0.6) is 0 Å². The van der Waals surface area contributed by atoms with E-state index < -0.39 is 5.91 Å². The first-order valence-corrected chi connectivity index (χ1v) is 10.4. The Morgan fingerprint density at radius 2 is 2.00 bits per heavy atom. The number of aryl methyl sites for hydroxylation is 2. The summed E-state index contributed by atoms with van der Waals surface area (Å²) >= 11 is 1.52. The van der Waals surface area contributed by atoms with E-state index in [2.05, 4.69) is 29.3 Å². The minimum Gasteiger partial charge on any atom is -0.365 e. The predicted octanol–water partition coefficient (Wildman–Crippen LogP) is 3.51. The molecule has 0 saturated heterocycles. The van der Waals surface area contributed by atoms with Crippen LogP contribution in [-0.4, -0.2) is 24.4 Å². The molecule has 0 saturated carbocycles. The third kappa shape index (κ3) is 3.46. The first-order valence-electron chi connectivity index (χ1n) is 9.63. The van der Waals surface area contributed by atoms with E-state index in [-0.39, 0.29) is 12.5 Å². The zero-order valence-corrected chi connectivity index (χ0v) is 16.4. The molecule has 1 aliphatic carbocycles. The highest BCUT2D eigenvalue weighted by Crippen LogP contribution is 2.38. The molecule has 0 bridgehead atoms. The molecule has 1 aliphatic heterocycles.